The quantitative estimate of drug-likeness (QED) is 0.177. The number of nitrogens with zero attached hydrogens (tertiary/aromatic N) is 1. The van der Waals surface area contributed by atoms with Gasteiger partial charge in [0.05, 0.1) is 23.0 Å². The van der Waals surface area contributed by atoms with E-state index in [9.17, 15) is 14.4 Å². The maximum Gasteiger partial charge on any atom is 0.329 e. The number of hydrogen-bond acceptors (Lipinski definition) is 7. The molecule has 0 unspecified atom stereocenters. The molecule has 0 aromatic heterocycles. The molecule has 11 heteroatoms. The molecule has 186 valence electrons. The second kappa shape index (κ2) is 13.0. The van der Waals surface area contributed by atoms with Crippen LogP contribution < -0.4 is 25.5 Å². The average molecular weight is 594 g/mol. The summed E-state index contributed by atoms with van der Waals surface area (Å²) in [5, 5.41) is 9.18. The normalized spacial score (nSPS) is 15.0. The van der Waals surface area contributed by atoms with E-state index in [4.69, 9.17) is 14.2 Å². The molecular weight excluding hydrogens is 567 g/mol. The number of anilines is 1. The van der Waals surface area contributed by atoms with Gasteiger partial charge in [-0.1, -0.05) is 18.2 Å². The first-order valence-corrected chi connectivity index (χ1v) is 12.0. The number of aryl methyl sites for hydroxylation is 1. The van der Waals surface area contributed by atoms with E-state index in [0.717, 1.165) is 24.1 Å². The minimum Gasteiger partial charge on any atom is -0.493 e. The van der Waals surface area contributed by atoms with Crippen molar-refractivity contribution in [3.8, 4) is 11.5 Å². The lowest BCUT2D eigenvalue weighted by molar-refractivity contribution is -0.139. The molecule has 2 aromatic rings. The summed E-state index contributed by atoms with van der Waals surface area (Å²) in [5.41, 5.74) is 4.46. The lowest BCUT2D eigenvalue weighted by atomic mass is 10.2. The lowest BCUT2D eigenvalue weighted by Crippen LogP contribution is -2.41. The van der Waals surface area contributed by atoms with Crippen molar-refractivity contribution in [3.63, 3.8) is 0 Å². The van der Waals surface area contributed by atoms with Gasteiger partial charge in [0.25, 0.3) is 5.91 Å². The summed E-state index contributed by atoms with van der Waals surface area (Å²) >= 11 is 2.05. The van der Waals surface area contributed by atoms with Crippen molar-refractivity contribution in [2.24, 2.45) is 5.10 Å². The summed E-state index contributed by atoms with van der Waals surface area (Å²) in [6.45, 7) is 2.66. The highest BCUT2D eigenvalue weighted by Crippen LogP contribution is 2.33. The third-order valence-electron chi connectivity index (χ3n) is 5.12. The number of carbonyl (C=O) groups excluding carboxylic acids is 3. The molecule has 35 heavy (non-hydrogen) atoms. The summed E-state index contributed by atoms with van der Waals surface area (Å²) in [6.07, 6.45) is 3.13. The molecule has 0 aliphatic carbocycles. The Labute approximate surface area is 216 Å². The third-order valence-corrected chi connectivity index (χ3v) is 5.92. The van der Waals surface area contributed by atoms with Gasteiger partial charge in [0, 0.05) is 18.8 Å². The standard InChI is InChI=1S/C24H27IN4O6/c1-15-6-3-4-8-19(15)28-21(30)14-35-22-18(25)10-16(11-20(22)33-2)12-27-29-24(32)23(31)26-13-17-7-5-9-34-17/h3-4,6,8,10-12,17H,5,7,9,13-14H2,1-2H3,(H,26,31)(H,28,30)(H,29,32)/b27-12-/t17-/m1/s1. The van der Waals surface area contributed by atoms with Crippen LogP contribution in [0.5, 0.6) is 11.5 Å². The van der Waals surface area contributed by atoms with E-state index in [1.807, 2.05) is 31.2 Å². The number of hydrogen-bond donors (Lipinski definition) is 3. The van der Waals surface area contributed by atoms with E-state index in [2.05, 4.69) is 43.8 Å². The van der Waals surface area contributed by atoms with Crippen LogP contribution in [0.3, 0.4) is 0 Å². The average Bonchev–Trinajstić information content (AvgIpc) is 3.36. The Hall–Kier alpha value is -3.19. The predicted molar refractivity (Wildman–Crippen MR) is 139 cm³/mol. The molecule has 1 saturated heterocycles. The van der Waals surface area contributed by atoms with Crippen LogP contribution in [-0.2, 0) is 19.1 Å². The van der Waals surface area contributed by atoms with E-state index in [0.29, 0.717) is 27.2 Å². The zero-order valence-corrected chi connectivity index (χ0v) is 21.6. The van der Waals surface area contributed by atoms with E-state index in [-0.39, 0.29) is 25.2 Å². The van der Waals surface area contributed by atoms with Gasteiger partial charge in [-0.15, -0.1) is 0 Å². The van der Waals surface area contributed by atoms with Gasteiger partial charge in [-0.05, 0) is 71.7 Å². The molecule has 1 aliphatic rings. The summed E-state index contributed by atoms with van der Waals surface area (Å²) in [5.74, 6) is -1.16. The SMILES string of the molecule is COc1cc(/C=N\NC(=O)C(=O)NC[C@H]2CCCO2)cc(I)c1OCC(=O)Nc1ccccc1C. The van der Waals surface area contributed by atoms with Gasteiger partial charge in [0.2, 0.25) is 0 Å². The van der Waals surface area contributed by atoms with Crippen LogP contribution >= 0.6 is 22.6 Å². The second-order valence-corrected chi connectivity index (χ2v) is 8.89. The Morgan fingerprint density at radius 2 is 2.03 bits per heavy atom. The molecule has 10 nitrogen and oxygen atoms in total. The van der Waals surface area contributed by atoms with Crippen LogP contribution in [0.4, 0.5) is 5.69 Å². The van der Waals surface area contributed by atoms with Gasteiger partial charge < -0.3 is 24.8 Å². The van der Waals surface area contributed by atoms with Crippen LogP contribution in [0.2, 0.25) is 0 Å². The van der Waals surface area contributed by atoms with E-state index in [1.165, 1.54) is 13.3 Å². The maximum absolute atomic E-state index is 12.3. The number of rotatable bonds is 9. The van der Waals surface area contributed by atoms with Crippen LogP contribution in [0.1, 0.15) is 24.0 Å². The number of methoxy groups -OCH3 is 1. The Morgan fingerprint density at radius 1 is 1.23 bits per heavy atom. The number of carbonyl (C=O) groups is 3. The van der Waals surface area contributed by atoms with Gasteiger partial charge in [0.15, 0.2) is 18.1 Å². The fourth-order valence-corrected chi connectivity index (χ4v) is 4.08. The fourth-order valence-electron chi connectivity index (χ4n) is 3.30. The molecular formula is C24H27IN4O6. The maximum atomic E-state index is 12.3. The molecule has 3 amide bonds. The van der Waals surface area contributed by atoms with Crippen molar-refractivity contribution in [1.82, 2.24) is 10.7 Å². The van der Waals surface area contributed by atoms with Crippen LogP contribution in [0.15, 0.2) is 41.5 Å². The van der Waals surface area contributed by atoms with Crippen molar-refractivity contribution in [2.75, 3.05) is 32.2 Å². The van der Waals surface area contributed by atoms with Gasteiger partial charge in [-0.2, -0.15) is 5.10 Å². The zero-order valence-electron chi connectivity index (χ0n) is 19.4. The number of halogens is 1. The monoisotopic (exact) mass is 594 g/mol. The second-order valence-electron chi connectivity index (χ2n) is 7.73. The molecule has 0 saturated carbocycles. The highest BCUT2D eigenvalue weighted by Gasteiger charge is 2.19. The first-order chi connectivity index (χ1) is 16.9. The summed E-state index contributed by atoms with van der Waals surface area (Å²) in [7, 11) is 1.48. The molecule has 2 aromatic carbocycles. The molecule has 1 fully saturated rings. The summed E-state index contributed by atoms with van der Waals surface area (Å²) < 4.78 is 17.2. The largest absolute Gasteiger partial charge is 0.493 e. The summed E-state index contributed by atoms with van der Waals surface area (Å²) in [6, 6.07) is 10.8. The first kappa shape index (κ1) is 26.4. The zero-order chi connectivity index (χ0) is 25.2. The van der Waals surface area contributed by atoms with Crippen LogP contribution in [0.25, 0.3) is 0 Å². The lowest BCUT2D eigenvalue weighted by Gasteiger charge is -2.14. The Balaban J connectivity index is 1.53. The molecule has 0 radical (unpaired) electrons. The minimum absolute atomic E-state index is 0.0564. The topological polar surface area (TPSA) is 127 Å². The van der Waals surface area contributed by atoms with Crippen molar-refractivity contribution in [1.29, 1.82) is 0 Å². The number of ether oxygens (including phenoxy) is 3. The Kier molecular flexibility index (Phi) is 9.85. The Bertz CT molecular complexity index is 1100. The Morgan fingerprint density at radius 3 is 2.74 bits per heavy atom. The molecule has 1 atom stereocenters. The van der Waals surface area contributed by atoms with Crippen molar-refractivity contribution in [2.45, 2.75) is 25.9 Å². The van der Waals surface area contributed by atoms with E-state index < -0.39 is 11.8 Å². The number of benzene rings is 2. The van der Waals surface area contributed by atoms with Gasteiger partial charge >= 0.3 is 11.8 Å². The molecule has 0 bridgehead atoms. The van der Waals surface area contributed by atoms with Crippen LogP contribution in [-0.4, -0.2) is 56.9 Å². The van der Waals surface area contributed by atoms with Gasteiger partial charge in [0.1, 0.15) is 0 Å². The van der Waals surface area contributed by atoms with Crippen molar-refractivity contribution in [3.05, 3.63) is 51.1 Å². The number of amides is 3. The van der Waals surface area contributed by atoms with Gasteiger partial charge in [-0.25, -0.2) is 5.43 Å². The van der Waals surface area contributed by atoms with Crippen molar-refractivity contribution < 1.29 is 28.6 Å². The minimum atomic E-state index is -0.875. The number of hydrazone groups is 1. The van der Waals surface area contributed by atoms with Crippen LogP contribution in [0, 0.1) is 10.5 Å². The molecule has 3 rings (SSSR count). The fraction of sp³-hybridized carbons (Fsp3) is 0.333. The predicted octanol–water partition coefficient (Wildman–Crippen LogP) is 2.37. The number of nitrogens with one attached hydrogen (secondary N) is 3. The van der Waals surface area contributed by atoms with Gasteiger partial charge in [-0.3, -0.25) is 14.4 Å². The summed E-state index contributed by atoms with van der Waals surface area (Å²) in [4.78, 5) is 36.1. The van der Waals surface area contributed by atoms with Crippen molar-refractivity contribution >= 4 is 52.2 Å². The highest BCUT2D eigenvalue weighted by atomic mass is 127. The molecule has 0 spiro atoms. The van der Waals surface area contributed by atoms with E-state index in [1.54, 1.807) is 12.1 Å². The molecule has 1 heterocycles. The molecule has 3 N–H and O–H groups in total. The highest BCUT2D eigenvalue weighted by molar-refractivity contribution is 14.1. The smallest absolute Gasteiger partial charge is 0.329 e. The third kappa shape index (κ3) is 7.92. The number of para-hydroxylation sites is 1. The first-order valence-electron chi connectivity index (χ1n) is 11.0. The van der Waals surface area contributed by atoms with E-state index >= 15 is 0 Å². The molecule has 1 aliphatic heterocycles.